The summed E-state index contributed by atoms with van der Waals surface area (Å²) in [6, 6.07) is 3.33. The van der Waals surface area contributed by atoms with E-state index in [9.17, 15) is 9.59 Å². The van der Waals surface area contributed by atoms with Crippen LogP contribution in [-0.4, -0.2) is 33.8 Å². The molecule has 0 saturated carbocycles. The molecule has 7 nitrogen and oxygen atoms in total. The minimum atomic E-state index is -0.281. The Labute approximate surface area is 147 Å². The lowest BCUT2D eigenvalue weighted by Gasteiger charge is -2.26. The zero-order valence-electron chi connectivity index (χ0n) is 15.1. The van der Waals surface area contributed by atoms with Crippen LogP contribution in [0.2, 0.25) is 0 Å². The number of hydrogen-bond donors (Lipinski definition) is 1. The van der Waals surface area contributed by atoms with Crippen molar-refractivity contribution < 1.29 is 18.4 Å². The van der Waals surface area contributed by atoms with Gasteiger partial charge in [-0.3, -0.25) is 9.59 Å². The summed E-state index contributed by atoms with van der Waals surface area (Å²) in [6.45, 7) is 8.02. The van der Waals surface area contributed by atoms with Gasteiger partial charge in [0, 0.05) is 12.1 Å². The molecule has 1 N–H and O–H groups in total. The normalized spacial score (nSPS) is 13.3. The SMILES string of the molecule is CCC(C)NC(=O)c1coc(CN(C(=O)c2ccco2)C(C)CC)n1. The lowest BCUT2D eigenvalue weighted by atomic mass is 10.2. The highest BCUT2D eigenvalue weighted by atomic mass is 16.3. The molecule has 0 aromatic carbocycles. The molecule has 0 aliphatic carbocycles. The van der Waals surface area contributed by atoms with Crippen molar-refractivity contribution >= 4 is 11.8 Å². The van der Waals surface area contributed by atoms with E-state index in [2.05, 4.69) is 10.3 Å². The summed E-state index contributed by atoms with van der Waals surface area (Å²) in [7, 11) is 0. The van der Waals surface area contributed by atoms with Crippen LogP contribution in [0, 0.1) is 0 Å². The minimum Gasteiger partial charge on any atom is -0.459 e. The summed E-state index contributed by atoms with van der Waals surface area (Å²) in [5.74, 6) is 0.0658. The molecule has 7 heteroatoms. The number of hydrogen-bond acceptors (Lipinski definition) is 5. The largest absolute Gasteiger partial charge is 0.459 e. The van der Waals surface area contributed by atoms with Crippen molar-refractivity contribution in [2.24, 2.45) is 0 Å². The van der Waals surface area contributed by atoms with Gasteiger partial charge in [0.25, 0.3) is 11.8 Å². The van der Waals surface area contributed by atoms with Crippen LogP contribution >= 0.6 is 0 Å². The monoisotopic (exact) mass is 347 g/mol. The van der Waals surface area contributed by atoms with Gasteiger partial charge in [-0.1, -0.05) is 13.8 Å². The van der Waals surface area contributed by atoms with Crippen molar-refractivity contribution in [2.75, 3.05) is 0 Å². The van der Waals surface area contributed by atoms with Crippen molar-refractivity contribution in [3.05, 3.63) is 42.0 Å². The highest BCUT2D eigenvalue weighted by Crippen LogP contribution is 2.16. The second kappa shape index (κ2) is 8.50. The molecular formula is C18H25N3O4. The van der Waals surface area contributed by atoms with Gasteiger partial charge in [-0.05, 0) is 38.8 Å². The quantitative estimate of drug-likeness (QED) is 0.792. The second-order valence-corrected chi connectivity index (χ2v) is 6.08. The topological polar surface area (TPSA) is 88.6 Å². The number of aromatic nitrogens is 1. The Morgan fingerprint density at radius 1 is 1.24 bits per heavy atom. The molecule has 2 atom stereocenters. The Bertz CT molecular complexity index is 693. The first-order valence-electron chi connectivity index (χ1n) is 8.55. The summed E-state index contributed by atoms with van der Waals surface area (Å²) >= 11 is 0. The average Bonchev–Trinajstić information content (AvgIpc) is 3.29. The van der Waals surface area contributed by atoms with E-state index in [0.29, 0.717) is 5.89 Å². The second-order valence-electron chi connectivity index (χ2n) is 6.08. The highest BCUT2D eigenvalue weighted by molar-refractivity contribution is 5.92. The maximum Gasteiger partial charge on any atom is 0.290 e. The first-order chi connectivity index (χ1) is 12.0. The van der Waals surface area contributed by atoms with Crippen LogP contribution in [0.15, 0.2) is 33.5 Å². The van der Waals surface area contributed by atoms with Crippen molar-refractivity contribution in [3.8, 4) is 0 Å². The number of furan rings is 1. The third-order valence-electron chi connectivity index (χ3n) is 4.20. The third-order valence-corrected chi connectivity index (χ3v) is 4.20. The summed E-state index contributed by atoms with van der Waals surface area (Å²) < 4.78 is 10.6. The van der Waals surface area contributed by atoms with Crippen molar-refractivity contribution in [3.63, 3.8) is 0 Å². The van der Waals surface area contributed by atoms with Crippen molar-refractivity contribution in [2.45, 2.75) is 59.2 Å². The van der Waals surface area contributed by atoms with E-state index >= 15 is 0 Å². The Morgan fingerprint density at radius 3 is 2.60 bits per heavy atom. The molecular weight excluding hydrogens is 322 g/mol. The van der Waals surface area contributed by atoms with Gasteiger partial charge in [0.2, 0.25) is 5.89 Å². The van der Waals surface area contributed by atoms with E-state index in [0.717, 1.165) is 12.8 Å². The smallest absolute Gasteiger partial charge is 0.290 e. The van der Waals surface area contributed by atoms with E-state index in [1.165, 1.54) is 12.5 Å². The van der Waals surface area contributed by atoms with E-state index in [1.807, 2.05) is 27.7 Å². The first-order valence-corrected chi connectivity index (χ1v) is 8.55. The molecule has 25 heavy (non-hydrogen) atoms. The van der Waals surface area contributed by atoms with E-state index in [-0.39, 0.29) is 41.9 Å². The van der Waals surface area contributed by atoms with Crippen molar-refractivity contribution in [1.29, 1.82) is 0 Å². The molecule has 136 valence electrons. The number of oxazole rings is 1. The van der Waals surface area contributed by atoms with Crippen LogP contribution in [0.5, 0.6) is 0 Å². The molecule has 2 rings (SSSR count). The van der Waals surface area contributed by atoms with Gasteiger partial charge in [-0.15, -0.1) is 0 Å². The van der Waals surface area contributed by atoms with Crippen LogP contribution in [-0.2, 0) is 6.54 Å². The van der Waals surface area contributed by atoms with Crippen LogP contribution in [0.4, 0.5) is 0 Å². The van der Waals surface area contributed by atoms with Gasteiger partial charge < -0.3 is 19.1 Å². The molecule has 2 aromatic heterocycles. The molecule has 0 radical (unpaired) electrons. The fourth-order valence-corrected chi connectivity index (χ4v) is 2.22. The molecule has 0 spiro atoms. The molecule has 0 bridgehead atoms. The molecule has 2 unspecified atom stereocenters. The van der Waals surface area contributed by atoms with E-state index in [1.54, 1.807) is 17.0 Å². The fourth-order valence-electron chi connectivity index (χ4n) is 2.22. The van der Waals surface area contributed by atoms with E-state index in [4.69, 9.17) is 8.83 Å². The van der Waals surface area contributed by atoms with E-state index < -0.39 is 0 Å². The van der Waals surface area contributed by atoms with Gasteiger partial charge >= 0.3 is 0 Å². The van der Waals surface area contributed by atoms with Gasteiger partial charge in [0.15, 0.2) is 11.5 Å². The molecule has 0 aliphatic rings. The predicted octanol–water partition coefficient (Wildman–Crippen LogP) is 3.24. The zero-order valence-corrected chi connectivity index (χ0v) is 15.1. The maximum absolute atomic E-state index is 12.6. The summed E-state index contributed by atoms with van der Waals surface area (Å²) in [4.78, 5) is 30.6. The maximum atomic E-state index is 12.6. The summed E-state index contributed by atoms with van der Waals surface area (Å²) in [5, 5.41) is 2.83. The van der Waals surface area contributed by atoms with Gasteiger partial charge in [-0.25, -0.2) is 4.98 Å². The number of nitrogens with zero attached hydrogens (tertiary/aromatic N) is 2. The van der Waals surface area contributed by atoms with Gasteiger partial charge in [0.05, 0.1) is 12.8 Å². The summed E-state index contributed by atoms with van der Waals surface area (Å²) in [5.41, 5.74) is 0.213. The van der Waals surface area contributed by atoms with Gasteiger partial charge in [0.1, 0.15) is 6.26 Å². The third kappa shape index (κ3) is 4.71. The van der Waals surface area contributed by atoms with Crippen LogP contribution < -0.4 is 5.32 Å². The lowest BCUT2D eigenvalue weighted by Crippen LogP contribution is -2.37. The lowest BCUT2D eigenvalue weighted by molar-refractivity contribution is 0.0619. The average molecular weight is 347 g/mol. The van der Waals surface area contributed by atoms with Crippen LogP contribution in [0.25, 0.3) is 0 Å². The van der Waals surface area contributed by atoms with Crippen LogP contribution in [0.3, 0.4) is 0 Å². The highest BCUT2D eigenvalue weighted by Gasteiger charge is 2.25. The minimum absolute atomic E-state index is 0.0260. The zero-order chi connectivity index (χ0) is 18.4. The summed E-state index contributed by atoms with van der Waals surface area (Å²) in [6.07, 6.45) is 4.38. The molecule has 0 saturated heterocycles. The number of amides is 2. The Hall–Kier alpha value is -2.57. The number of nitrogens with one attached hydrogen (secondary N) is 1. The number of carbonyl (C=O) groups excluding carboxylic acids is 2. The molecule has 2 heterocycles. The first kappa shape index (κ1) is 18.8. The Kier molecular flexibility index (Phi) is 6.38. The Morgan fingerprint density at radius 2 is 2.00 bits per heavy atom. The van der Waals surface area contributed by atoms with Crippen LogP contribution in [0.1, 0.15) is 67.5 Å². The molecule has 0 fully saturated rings. The molecule has 2 aromatic rings. The number of rotatable bonds is 8. The molecule has 0 aliphatic heterocycles. The Balaban J connectivity index is 2.12. The van der Waals surface area contributed by atoms with Gasteiger partial charge in [-0.2, -0.15) is 0 Å². The fraction of sp³-hybridized carbons (Fsp3) is 0.500. The predicted molar refractivity (Wildman–Crippen MR) is 92.1 cm³/mol. The molecule has 2 amide bonds. The number of carbonyl (C=O) groups is 2. The van der Waals surface area contributed by atoms with Crippen molar-refractivity contribution in [1.82, 2.24) is 15.2 Å². The standard InChI is InChI=1S/C18H25N3O4/c1-5-12(3)19-17(22)14-11-25-16(20-14)10-21(13(4)6-2)18(23)15-8-7-9-24-15/h7-9,11-13H,5-6,10H2,1-4H3,(H,19,22).